The van der Waals surface area contributed by atoms with Gasteiger partial charge in [0.15, 0.2) is 0 Å². The largest absolute Gasteiger partial charge is 0.495 e. The predicted molar refractivity (Wildman–Crippen MR) is 74.1 cm³/mol. The fraction of sp³-hybridized carbons (Fsp3) is 0.364. The van der Waals surface area contributed by atoms with Crippen molar-refractivity contribution < 1.29 is 28.2 Å². The van der Waals surface area contributed by atoms with Gasteiger partial charge in [-0.25, -0.2) is 8.42 Å². The van der Waals surface area contributed by atoms with Crippen molar-refractivity contribution in [1.29, 1.82) is 0 Å². The van der Waals surface area contributed by atoms with Crippen LogP contribution in [0, 0.1) is 0 Å². The molecule has 0 fully saturated rings. The topological polar surface area (TPSA) is 113 Å². The molecule has 1 atom stereocenters. The highest BCUT2D eigenvalue weighted by Gasteiger charge is 2.27. The standard InChI is InChI=1S/C11H14BrNO6S/c1-19-9-3-2-7(12)6-10(9)20(17,18)13-8(4-5-14)11(15)16/h2-3,6,8,13-14H,4-5H2,1H3,(H,15,16)/t8-/m1/s1. The number of methoxy groups -OCH3 is 1. The first-order valence-corrected chi connectivity index (χ1v) is 7.79. The first-order valence-electron chi connectivity index (χ1n) is 5.51. The van der Waals surface area contributed by atoms with Gasteiger partial charge in [0.25, 0.3) is 0 Å². The number of benzene rings is 1. The van der Waals surface area contributed by atoms with Crippen LogP contribution in [-0.2, 0) is 14.8 Å². The summed E-state index contributed by atoms with van der Waals surface area (Å²) in [5.41, 5.74) is 0. The van der Waals surface area contributed by atoms with E-state index < -0.39 is 28.6 Å². The first kappa shape index (κ1) is 16.9. The molecule has 0 aliphatic heterocycles. The lowest BCUT2D eigenvalue weighted by Gasteiger charge is -2.15. The molecule has 0 spiro atoms. The average Bonchev–Trinajstić information content (AvgIpc) is 2.38. The number of sulfonamides is 1. The highest BCUT2D eigenvalue weighted by atomic mass is 79.9. The second kappa shape index (κ2) is 7.02. The number of aliphatic hydroxyl groups excluding tert-OH is 1. The molecule has 112 valence electrons. The number of carboxylic acids is 1. The Hall–Kier alpha value is -1.16. The summed E-state index contributed by atoms with van der Waals surface area (Å²) in [6.07, 6.45) is -0.231. The van der Waals surface area contributed by atoms with E-state index in [2.05, 4.69) is 15.9 Å². The van der Waals surface area contributed by atoms with Gasteiger partial charge in [0.2, 0.25) is 10.0 Å². The van der Waals surface area contributed by atoms with Crippen LogP contribution in [-0.4, -0.2) is 44.4 Å². The lowest BCUT2D eigenvalue weighted by atomic mass is 10.2. The van der Waals surface area contributed by atoms with Crippen LogP contribution >= 0.6 is 15.9 Å². The number of halogens is 1. The van der Waals surface area contributed by atoms with Crippen LogP contribution < -0.4 is 9.46 Å². The molecule has 1 aromatic rings. The fourth-order valence-corrected chi connectivity index (χ4v) is 3.40. The summed E-state index contributed by atoms with van der Waals surface area (Å²) in [4.78, 5) is 10.8. The van der Waals surface area contributed by atoms with Crippen molar-refractivity contribution in [3.8, 4) is 5.75 Å². The Labute approximate surface area is 124 Å². The van der Waals surface area contributed by atoms with Gasteiger partial charge in [-0.05, 0) is 24.6 Å². The Morgan fingerprint density at radius 3 is 2.65 bits per heavy atom. The lowest BCUT2D eigenvalue weighted by molar-refractivity contribution is -0.139. The monoisotopic (exact) mass is 367 g/mol. The third-order valence-electron chi connectivity index (χ3n) is 2.43. The molecule has 0 unspecified atom stereocenters. The number of rotatable bonds is 7. The molecule has 0 bridgehead atoms. The van der Waals surface area contributed by atoms with Crippen LogP contribution in [0.4, 0.5) is 0 Å². The maximum absolute atomic E-state index is 12.2. The van der Waals surface area contributed by atoms with Crippen LogP contribution in [0.5, 0.6) is 5.75 Å². The van der Waals surface area contributed by atoms with Gasteiger partial charge in [-0.1, -0.05) is 15.9 Å². The molecule has 0 saturated carbocycles. The quantitative estimate of drug-likeness (QED) is 0.649. The van der Waals surface area contributed by atoms with Crippen molar-refractivity contribution >= 4 is 31.9 Å². The zero-order valence-electron chi connectivity index (χ0n) is 10.5. The molecule has 1 rings (SSSR count). The Morgan fingerprint density at radius 2 is 2.15 bits per heavy atom. The molecule has 0 amide bonds. The summed E-state index contributed by atoms with van der Waals surface area (Å²) in [5.74, 6) is -1.27. The second-order valence-electron chi connectivity index (χ2n) is 3.82. The van der Waals surface area contributed by atoms with Crippen LogP contribution in [0.25, 0.3) is 0 Å². The molecule has 3 N–H and O–H groups in total. The normalized spacial score (nSPS) is 12.9. The molecular formula is C11H14BrNO6S. The number of nitrogens with one attached hydrogen (secondary N) is 1. The minimum atomic E-state index is -4.09. The van der Waals surface area contributed by atoms with Crippen molar-refractivity contribution in [2.75, 3.05) is 13.7 Å². The van der Waals surface area contributed by atoms with E-state index in [9.17, 15) is 13.2 Å². The molecule has 7 nitrogen and oxygen atoms in total. The van der Waals surface area contributed by atoms with E-state index in [1.807, 2.05) is 4.72 Å². The van der Waals surface area contributed by atoms with E-state index in [1.165, 1.54) is 19.2 Å². The van der Waals surface area contributed by atoms with Crippen LogP contribution in [0.3, 0.4) is 0 Å². The molecule has 9 heteroatoms. The molecule has 1 aromatic carbocycles. The summed E-state index contributed by atoms with van der Waals surface area (Å²) in [6.45, 7) is -0.449. The highest BCUT2D eigenvalue weighted by Crippen LogP contribution is 2.27. The van der Waals surface area contributed by atoms with E-state index in [-0.39, 0.29) is 17.1 Å². The maximum atomic E-state index is 12.2. The van der Waals surface area contributed by atoms with Crippen LogP contribution in [0.15, 0.2) is 27.6 Å². The number of aliphatic hydroxyl groups is 1. The molecule has 0 aliphatic rings. The summed E-state index contributed by atoms with van der Waals surface area (Å²) >= 11 is 3.14. The number of carboxylic acid groups (broad SMARTS) is 1. The maximum Gasteiger partial charge on any atom is 0.321 e. The minimum Gasteiger partial charge on any atom is -0.495 e. The van der Waals surface area contributed by atoms with E-state index in [4.69, 9.17) is 14.9 Å². The SMILES string of the molecule is COc1ccc(Br)cc1S(=O)(=O)N[C@H](CCO)C(=O)O. The summed E-state index contributed by atoms with van der Waals surface area (Å²) in [6, 6.07) is 2.94. The van der Waals surface area contributed by atoms with Gasteiger partial charge in [0, 0.05) is 11.1 Å². The van der Waals surface area contributed by atoms with Crippen molar-refractivity contribution in [3.63, 3.8) is 0 Å². The molecule has 20 heavy (non-hydrogen) atoms. The van der Waals surface area contributed by atoms with Crippen molar-refractivity contribution in [2.45, 2.75) is 17.4 Å². The summed E-state index contributed by atoms with van der Waals surface area (Å²) in [5, 5.41) is 17.7. The van der Waals surface area contributed by atoms with Gasteiger partial charge in [-0.2, -0.15) is 4.72 Å². The third kappa shape index (κ3) is 4.17. The smallest absolute Gasteiger partial charge is 0.321 e. The average molecular weight is 368 g/mol. The Kier molecular flexibility index (Phi) is 5.93. The van der Waals surface area contributed by atoms with Crippen LogP contribution in [0.2, 0.25) is 0 Å². The van der Waals surface area contributed by atoms with Gasteiger partial charge in [-0.15, -0.1) is 0 Å². The molecule has 0 aliphatic carbocycles. The molecule has 0 radical (unpaired) electrons. The molecule has 0 saturated heterocycles. The van der Waals surface area contributed by atoms with Crippen molar-refractivity contribution in [3.05, 3.63) is 22.7 Å². The van der Waals surface area contributed by atoms with Crippen molar-refractivity contribution in [1.82, 2.24) is 4.72 Å². The zero-order valence-corrected chi connectivity index (χ0v) is 12.9. The Bertz CT molecular complexity index is 589. The van der Waals surface area contributed by atoms with E-state index in [1.54, 1.807) is 6.07 Å². The zero-order chi connectivity index (χ0) is 15.3. The number of ether oxygens (including phenoxy) is 1. The Balaban J connectivity index is 3.16. The predicted octanol–water partition coefficient (Wildman–Crippen LogP) is 0.572. The molecule has 0 aromatic heterocycles. The van der Waals surface area contributed by atoms with Gasteiger partial charge >= 0.3 is 5.97 Å². The molecular weight excluding hydrogens is 354 g/mol. The van der Waals surface area contributed by atoms with E-state index in [0.717, 1.165) is 0 Å². The minimum absolute atomic E-state index is 0.0915. The van der Waals surface area contributed by atoms with E-state index in [0.29, 0.717) is 4.47 Å². The van der Waals surface area contributed by atoms with Crippen LogP contribution in [0.1, 0.15) is 6.42 Å². The summed E-state index contributed by atoms with van der Waals surface area (Å²) in [7, 11) is -2.78. The van der Waals surface area contributed by atoms with Gasteiger partial charge in [-0.3, -0.25) is 4.79 Å². The van der Waals surface area contributed by atoms with Gasteiger partial charge in [0.05, 0.1) is 7.11 Å². The number of hydrogen-bond donors (Lipinski definition) is 3. The fourth-order valence-electron chi connectivity index (χ4n) is 1.47. The first-order chi connectivity index (χ1) is 9.31. The Morgan fingerprint density at radius 1 is 1.50 bits per heavy atom. The number of hydrogen-bond acceptors (Lipinski definition) is 5. The van der Waals surface area contributed by atoms with Crippen molar-refractivity contribution in [2.24, 2.45) is 0 Å². The lowest BCUT2D eigenvalue weighted by Crippen LogP contribution is -2.41. The summed E-state index contributed by atoms with van der Waals surface area (Å²) < 4.78 is 31.9. The van der Waals surface area contributed by atoms with E-state index >= 15 is 0 Å². The number of aliphatic carboxylic acids is 1. The second-order valence-corrected chi connectivity index (χ2v) is 6.42. The third-order valence-corrected chi connectivity index (χ3v) is 4.41. The van der Waals surface area contributed by atoms with Gasteiger partial charge in [0.1, 0.15) is 16.7 Å². The highest BCUT2D eigenvalue weighted by molar-refractivity contribution is 9.10. The number of carbonyl (C=O) groups is 1. The van der Waals surface area contributed by atoms with Gasteiger partial charge < -0.3 is 14.9 Å². The molecule has 0 heterocycles.